The Bertz CT molecular complexity index is 625. The molecule has 1 N–H and O–H groups in total. The Balaban J connectivity index is 1.98. The first-order chi connectivity index (χ1) is 9.45. The standard InChI is InChI=1S/C11H8Cl3N3O2S/c1-5-16-17-11(19-5)20-4-9(18)15-10-7(13)2-6(12)3-8(10)14/h2-3H,4H2,1H3,(H,15,18). The number of aromatic nitrogens is 2. The molecule has 1 aromatic carbocycles. The van der Waals surface area contributed by atoms with E-state index in [9.17, 15) is 4.79 Å². The highest BCUT2D eigenvalue weighted by Crippen LogP contribution is 2.33. The van der Waals surface area contributed by atoms with Crippen LogP contribution in [0.1, 0.15) is 5.89 Å². The van der Waals surface area contributed by atoms with Crippen LogP contribution < -0.4 is 5.32 Å². The molecular formula is C11H8Cl3N3O2S. The molecule has 0 aliphatic carbocycles. The van der Waals surface area contributed by atoms with Crippen molar-refractivity contribution in [1.82, 2.24) is 10.2 Å². The van der Waals surface area contributed by atoms with Crippen molar-refractivity contribution in [3.63, 3.8) is 0 Å². The van der Waals surface area contributed by atoms with E-state index in [4.69, 9.17) is 39.2 Å². The van der Waals surface area contributed by atoms with Crippen molar-refractivity contribution in [3.05, 3.63) is 33.1 Å². The molecule has 20 heavy (non-hydrogen) atoms. The minimum absolute atomic E-state index is 0.0942. The van der Waals surface area contributed by atoms with Crippen LogP contribution in [-0.2, 0) is 4.79 Å². The van der Waals surface area contributed by atoms with Gasteiger partial charge in [-0.25, -0.2) is 0 Å². The van der Waals surface area contributed by atoms with Gasteiger partial charge in [-0.15, -0.1) is 10.2 Å². The lowest BCUT2D eigenvalue weighted by molar-refractivity contribution is -0.113. The third-order valence-electron chi connectivity index (χ3n) is 2.11. The molecule has 0 spiro atoms. The van der Waals surface area contributed by atoms with E-state index in [1.54, 1.807) is 6.92 Å². The van der Waals surface area contributed by atoms with Crippen LogP contribution in [0, 0.1) is 6.92 Å². The highest BCUT2D eigenvalue weighted by Gasteiger charge is 2.13. The molecule has 0 atom stereocenters. The highest BCUT2D eigenvalue weighted by molar-refractivity contribution is 7.99. The molecule has 0 bridgehead atoms. The van der Waals surface area contributed by atoms with E-state index in [1.165, 1.54) is 12.1 Å². The SMILES string of the molecule is Cc1nnc(SCC(=O)Nc2c(Cl)cc(Cl)cc2Cl)o1. The smallest absolute Gasteiger partial charge is 0.277 e. The van der Waals surface area contributed by atoms with Crippen LogP contribution in [0.3, 0.4) is 0 Å². The van der Waals surface area contributed by atoms with Crippen molar-refractivity contribution < 1.29 is 9.21 Å². The summed E-state index contributed by atoms with van der Waals surface area (Å²) in [6.45, 7) is 1.67. The summed E-state index contributed by atoms with van der Waals surface area (Å²) >= 11 is 18.8. The molecule has 0 unspecified atom stereocenters. The van der Waals surface area contributed by atoms with Gasteiger partial charge in [0.2, 0.25) is 11.8 Å². The van der Waals surface area contributed by atoms with Crippen LogP contribution >= 0.6 is 46.6 Å². The average molecular weight is 353 g/mol. The number of nitrogens with zero attached hydrogens (tertiary/aromatic N) is 2. The molecule has 0 aliphatic rings. The highest BCUT2D eigenvalue weighted by atomic mass is 35.5. The predicted molar refractivity (Wildman–Crippen MR) is 79.9 cm³/mol. The first-order valence-electron chi connectivity index (χ1n) is 5.33. The number of anilines is 1. The van der Waals surface area contributed by atoms with E-state index in [0.29, 0.717) is 21.8 Å². The van der Waals surface area contributed by atoms with Gasteiger partial charge in [0.15, 0.2) is 0 Å². The molecule has 9 heteroatoms. The number of carbonyl (C=O) groups excluding carboxylic acids is 1. The number of carbonyl (C=O) groups is 1. The number of rotatable bonds is 4. The predicted octanol–water partition coefficient (Wildman–Crippen LogP) is 4.07. The molecule has 2 rings (SSSR count). The summed E-state index contributed by atoms with van der Waals surface area (Å²) in [6.07, 6.45) is 0. The maximum Gasteiger partial charge on any atom is 0.277 e. The van der Waals surface area contributed by atoms with E-state index in [-0.39, 0.29) is 21.7 Å². The number of amides is 1. The van der Waals surface area contributed by atoms with Gasteiger partial charge in [-0.2, -0.15) is 0 Å². The molecule has 1 heterocycles. The molecular weight excluding hydrogens is 345 g/mol. The van der Waals surface area contributed by atoms with Crippen molar-refractivity contribution >= 4 is 58.2 Å². The Hall–Kier alpha value is -0.950. The zero-order valence-corrected chi connectivity index (χ0v) is 13.2. The lowest BCUT2D eigenvalue weighted by atomic mass is 10.3. The van der Waals surface area contributed by atoms with E-state index in [1.807, 2.05) is 0 Å². The van der Waals surface area contributed by atoms with Gasteiger partial charge in [0.1, 0.15) is 0 Å². The molecule has 2 aromatic rings. The fourth-order valence-corrected chi connectivity index (χ4v) is 2.82. The van der Waals surface area contributed by atoms with Crippen LogP contribution in [0.4, 0.5) is 5.69 Å². The average Bonchev–Trinajstić information content (AvgIpc) is 2.77. The second kappa shape index (κ2) is 6.67. The van der Waals surface area contributed by atoms with Crippen LogP contribution in [0.2, 0.25) is 15.1 Å². The lowest BCUT2D eigenvalue weighted by Gasteiger charge is -2.09. The van der Waals surface area contributed by atoms with E-state index < -0.39 is 0 Å². The fourth-order valence-electron chi connectivity index (χ4n) is 1.30. The zero-order chi connectivity index (χ0) is 14.7. The second-order valence-corrected chi connectivity index (χ2v) is 5.85. The summed E-state index contributed by atoms with van der Waals surface area (Å²) in [6, 6.07) is 3.00. The van der Waals surface area contributed by atoms with E-state index in [2.05, 4.69) is 15.5 Å². The third kappa shape index (κ3) is 4.02. The molecule has 1 aromatic heterocycles. The Morgan fingerprint density at radius 2 is 1.95 bits per heavy atom. The van der Waals surface area contributed by atoms with Crippen molar-refractivity contribution in [3.8, 4) is 0 Å². The largest absolute Gasteiger partial charge is 0.416 e. The number of hydrogen-bond acceptors (Lipinski definition) is 5. The van der Waals surface area contributed by atoms with Gasteiger partial charge in [-0.3, -0.25) is 4.79 Å². The number of benzene rings is 1. The zero-order valence-electron chi connectivity index (χ0n) is 10.1. The molecule has 0 saturated heterocycles. The normalized spacial score (nSPS) is 10.6. The van der Waals surface area contributed by atoms with Gasteiger partial charge >= 0.3 is 0 Å². The molecule has 106 valence electrons. The minimum Gasteiger partial charge on any atom is -0.416 e. The lowest BCUT2D eigenvalue weighted by Crippen LogP contribution is -2.14. The van der Waals surface area contributed by atoms with Crippen molar-refractivity contribution in [2.45, 2.75) is 12.1 Å². The molecule has 0 aliphatic heterocycles. The van der Waals surface area contributed by atoms with Crippen molar-refractivity contribution in [2.75, 3.05) is 11.1 Å². The quantitative estimate of drug-likeness (QED) is 0.840. The summed E-state index contributed by atoms with van der Waals surface area (Å²) in [5.41, 5.74) is 0.324. The van der Waals surface area contributed by atoms with Crippen molar-refractivity contribution in [2.24, 2.45) is 0 Å². The third-order valence-corrected chi connectivity index (χ3v) is 3.74. The number of nitrogens with one attached hydrogen (secondary N) is 1. The first kappa shape index (κ1) is 15.4. The topological polar surface area (TPSA) is 68.0 Å². The summed E-state index contributed by atoms with van der Waals surface area (Å²) in [5, 5.41) is 11.3. The second-order valence-electron chi connectivity index (χ2n) is 3.67. The first-order valence-corrected chi connectivity index (χ1v) is 7.45. The number of halogens is 3. The van der Waals surface area contributed by atoms with Crippen LogP contribution in [0.5, 0.6) is 0 Å². The van der Waals surface area contributed by atoms with Gasteiger partial charge in [0.05, 0.1) is 21.5 Å². The summed E-state index contributed by atoms with van der Waals surface area (Å²) < 4.78 is 5.14. The number of aryl methyl sites for hydroxylation is 1. The van der Waals surface area contributed by atoms with Gasteiger partial charge < -0.3 is 9.73 Å². The van der Waals surface area contributed by atoms with Crippen molar-refractivity contribution in [1.29, 1.82) is 0 Å². The maximum atomic E-state index is 11.8. The molecule has 1 amide bonds. The Morgan fingerprint density at radius 3 is 2.50 bits per heavy atom. The maximum absolute atomic E-state index is 11.8. The van der Waals surface area contributed by atoms with E-state index >= 15 is 0 Å². The molecule has 0 radical (unpaired) electrons. The molecule has 5 nitrogen and oxygen atoms in total. The van der Waals surface area contributed by atoms with Crippen LogP contribution in [0.15, 0.2) is 21.8 Å². The monoisotopic (exact) mass is 351 g/mol. The van der Waals surface area contributed by atoms with Gasteiger partial charge in [-0.05, 0) is 12.1 Å². The summed E-state index contributed by atoms with van der Waals surface area (Å²) in [7, 11) is 0. The molecule has 0 fully saturated rings. The minimum atomic E-state index is -0.294. The van der Waals surface area contributed by atoms with Crippen LogP contribution in [0.25, 0.3) is 0 Å². The fraction of sp³-hybridized carbons (Fsp3) is 0.182. The van der Waals surface area contributed by atoms with Gasteiger partial charge in [-0.1, -0.05) is 46.6 Å². The Labute approximate surface area is 134 Å². The Kier molecular flexibility index (Phi) is 5.15. The van der Waals surface area contributed by atoms with Crippen LogP contribution in [-0.4, -0.2) is 21.9 Å². The Morgan fingerprint density at radius 1 is 1.30 bits per heavy atom. The number of thioether (sulfide) groups is 1. The number of hydrogen-bond donors (Lipinski definition) is 1. The summed E-state index contributed by atoms with van der Waals surface area (Å²) in [4.78, 5) is 11.8. The molecule has 0 saturated carbocycles. The van der Waals surface area contributed by atoms with Gasteiger partial charge in [0, 0.05) is 11.9 Å². The van der Waals surface area contributed by atoms with Gasteiger partial charge in [0.25, 0.3) is 5.22 Å². The summed E-state index contributed by atoms with van der Waals surface area (Å²) in [5.74, 6) is 0.241. The van der Waals surface area contributed by atoms with E-state index in [0.717, 1.165) is 11.8 Å².